The molecule has 4 nitrogen and oxygen atoms in total. The average Bonchev–Trinajstić information content (AvgIpc) is 2.28. The second kappa shape index (κ2) is 5.50. The number of hydrogen-bond donors (Lipinski definition) is 3. The number of rotatable bonds is 4. The van der Waals surface area contributed by atoms with Crippen LogP contribution in [-0.4, -0.2) is 23.2 Å². The number of aliphatic hydroxyl groups excluding tert-OH is 1. The van der Waals surface area contributed by atoms with Crippen molar-refractivity contribution in [1.82, 2.24) is 5.32 Å². The van der Waals surface area contributed by atoms with Crippen LogP contribution in [-0.2, 0) is 4.79 Å². The molecule has 0 atom stereocenters. The maximum atomic E-state index is 11.5. The van der Waals surface area contributed by atoms with Crippen molar-refractivity contribution in [2.24, 2.45) is 0 Å². The number of nitrogens with one attached hydrogen (secondary N) is 1. The predicted molar refractivity (Wildman–Crippen MR) is 69.2 cm³/mol. The number of benzene rings is 1. The van der Waals surface area contributed by atoms with Crippen LogP contribution in [0.1, 0.15) is 19.4 Å². The van der Waals surface area contributed by atoms with Crippen molar-refractivity contribution >= 4 is 17.7 Å². The standard InChI is InChI=1S/C13H18N2O2/c1-13(2,9-16)15-12(17)8-5-10-3-6-11(14)7-4-10/h3-8,16H,9,14H2,1-2H3,(H,15,17)/b8-5+. The Kier molecular flexibility index (Phi) is 4.29. The van der Waals surface area contributed by atoms with E-state index in [1.807, 2.05) is 12.1 Å². The molecular weight excluding hydrogens is 216 g/mol. The summed E-state index contributed by atoms with van der Waals surface area (Å²) in [5, 5.41) is 11.7. The van der Waals surface area contributed by atoms with Crippen molar-refractivity contribution in [3.63, 3.8) is 0 Å². The first-order valence-electron chi connectivity index (χ1n) is 5.39. The molecule has 1 rings (SSSR count). The highest BCUT2D eigenvalue weighted by atomic mass is 16.3. The van der Waals surface area contributed by atoms with Gasteiger partial charge in [0.05, 0.1) is 12.1 Å². The Bertz CT molecular complexity index is 408. The summed E-state index contributed by atoms with van der Waals surface area (Å²) >= 11 is 0. The molecule has 0 aliphatic carbocycles. The third-order valence-electron chi connectivity index (χ3n) is 2.22. The van der Waals surface area contributed by atoms with Crippen LogP contribution in [0.2, 0.25) is 0 Å². The van der Waals surface area contributed by atoms with Gasteiger partial charge >= 0.3 is 0 Å². The van der Waals surface area contributed by atoms with Crippen LogP contribution in [0.25, 0.3) is 6.08 Å². The minimum Gasteiger partial charge on any atom is -0.399 e. The normalized spacial score (nSPS) is 11.7. The minimum atomic E-state index is -0.609. The van der Waals surface area contributed by atoms with E-state index in [2.05, 4.69) is 5.32 Å². The topological polar surface area (TPSA) is 75.3 Å². The molecule has 0 saturated carbocycles. The van der Waals surface area contributed by atoms with Crippen LogP contribution in [0.5, 0.6) is 0 Å². The van der Waals surface area contributed by atoms with Crippen LogP contribution >= 0.6 is 0 Å². The number of anilines is 1. The van der Waals surface area contributed by atoms with Gasteiger partial charge in [0.2, 0.25) is 5.91 Å². The van der Waals surface area contributed by atoms with E-state index in [9.17, 15) is 4.79 Å². The Hall–Kier alpha value is -1.81. The van der Waals surface area contributed by atoms with Gasteiger partial charge in [-0.2, -0.15) is 0 Å². The molecule has 0 spiro atoms. The molecule has 4 heteroatoms. The fourth-order valence-electron chi connectivity index (χ4n) is 1.19. The molecule has 4 N–H and O–H groups in total. The Morgan fingerprint density at radius 2 is 2.00 bits per heavy atom. The number of carbonyl (C=O) groups is 1. The van der Waals surface area contributed by atoms with Gasteiger partial charge in [0.1, 0.15) is 0 Å². The molecule has 1 amide bonds. The number of amides is 1. The van der Waals surface area contributed by atoms with Crippen LogP contribution in [0.3, 0.4) is 0 Å². The quantitative estimate of drug-likeness (QED) is 0.540. The Labute approximate surface area is 101 Å². The highest BCUT2D eigenvalue weighted by Gasteiger charge is 2.17. The molecule has 0 heterocycles. The number of nitrogens with two attached hydrogens (primary N) is 1. The van der Waals surface area contributed by atoms with Crippen LogP contribution in [0, 0.1) is 0 Å². The molecule has 0 fully saturated rings. The summed E-state index contributed by atoms with van der Waals surface area (Å²) in [4.78, 5) is 11.5. The summed E-state index contributed by atoms with van der Waals surface area (Å²) in [5.74, 6) is -0.235. The third-order valence-corrected chi connectivity index (χ3v) is 2.22. The summed E-state index contributed by atoms with van der Waals surface area (Å²) in [6.45, 7) is 3.40. The fraction of sp³-hybridized carbons (Fsp3) is 0.308. The highest BCUT2D eigenvalue weighted by molar-refractivity contribution is 5.92. The first-order chi connectivity index (χ1) is 7.93. The predicted octanol–water partition coefficient (Wildman–Crippen LogP) is 1.17. The Morgan fingerprint density at radius 1 is 1.41 bits per heavy atom. The second-order valence-electron chi connectivity index (χ2n) is 4.53. The van der Waals surface area contributed by atoms with Gasteiger partial charge in [-0.3, -0.25) is 4.79 Å². The summed E-state index contributed by atoms with van der Waals surface area (Å²) in [7, 11) is 0. The molecule has 0 radical (unpaired) electrons. The lowest BCUT2D eigenvalue weighted by molar-refractivity contribution is -0.118. The smallest absolute Gasteiger partial charge is 0.244 e. The van der Waals surface area contributed by atoms with Crippen molar-refractivity contribution in [3.8, 4) is 0 Å². The fourth-order valence-corrected chi connectivity index (χ4v) is 1.19. The number of hydrogen-bond acceptors (Lipinski definition) is 3. The lowest BCUT2D eigenvalue weighted by Gasteiger charge is -2.22. The van der Waals surface area contributed by atoms with Gasteiger partial charge in [-0.05, 0) is 37.6 Å². The lowest BCUT2D eigenvalue weighted by atomic mass is 10.1. The molecule has 17 heavy (non-hydrogen) atoms. The summed E-state index contributed by atoms with van der Waals surface area (Å²) in [5.41, 5.74) is 6.53. The first kappa shape index (κ1) is 13.3. The van der Waals surface area contributed by atoms with E-state index >= 15 is 0 Å². The van der Waals surface area contributed by atoms with Gasteiger partial charge in [0.15, 0.2) is 0 Å². The Balaban J connectivity index is 2.60. The Morgan fingerprint density at radius 3 is 2.53 bits per heavy atom. The van der Waals surface area contributed by atoms with Crippen molar-refractivity contribution in [2.75, 3.05) is 12.3 Å². The van der Waals surface area contributed by atoms with Crippen molar-refractivity contribution in [1.29, 1.82) is 0 Å². The molecule has 0 aliphatic rings. The van der Waals surface area contributed by atoms with Crippen molar-refractivity contribution < 1.29 is 9.90 Å². The van der Waals surface area contributed by atoms with Crippen molar-refractivity contribution in [2.45, 2.75) is 19.4 Å². The maximum Gasteiger partial charge on any atom is 0.244 e. The molecule has 0 saturated heterocycles. The molecule has 0 unspecified atom stereocenters. The lowest BCUT2D eigenvalue weighted by Crippen LogP contribution is -2.45. The van der Waals surface area contributed by atoms with Crippen LogP contribution in [0.15, 0.2) is 30.3 Å². The molecule has 1 aromatic carbocycles. The zero-order valence-electron chi connectivity index (χ0n) is 10.1. The molecule has 0 aliphatic heterocycles. The monoisotopic (exact) mass is 234 g/mol. The third kappa shape index (κ3) is 4.70. The molecular formula is C13H18N2O2. The van der Waals surface area contributed by atoms with E-state index in [-0.39, 0.29) is 12.5 Å². The van der Waals surface area contributed by atoms with E-state index in [1.54, 1.807) is 32.1 Å². The zero-order valence-corrected chi connectivity index (χ0v) is 10.1. The van der Waals surface area contributed by atoms with Gasteiger partial charge in [-0.15, -0.1) is 0 Å². The van der Waals surface area contributed by atoms with E-state index in [0.29, 0.717) is 5.69 Å². The van der Waals surface area contributed by atoms with E-state index in [0.717, 1.165) is 5.56 Å². The van der Waals surface area contributed by atoms with Gasteiger partial charge in [0, 0.05) is 11.8 Å². The van der Waals surface area contributed by atoms with Crippen molar-refractivity contribution in [3.05, 3.63) is 35.9 Å². The molecule has 92 valence electrons. The number of nitrogen functional groups attached to an aromatic ring is 1. The van der Waals surface area contributed by atoms with Crippen LogP contribution in [0.4, 0.5) is 5.69 Å². The first-order valence-corrected chi connectivity index (χ1v) is 5.39. The molecule has 0 bridgehead atoms. The van der Waals surface area contributed by atoms with E-state index < -0.39 is 5.54 Å². The van der Waals surface area contributed by atoms with E-state index in [4.69, 9.17) is 10.8 Å². The van der Waals surface area contributed by atoms with Gasteiger partial charge in [0.25, 0.3) is 0 Å². The minimum absolute atomic E-state index is 0.103. The van der Waals surface area contributed by atoms with Gasteiger partial charge in [-0.1, -0.05) is 12.1 Å². The summed E-state index contributed by atoms with van der Waals surface area (Å²) in [6, 6.07) is 7.21. The van der Waals surface area contributed by atoms with Gasteiger partial charge in [-0.25, -0.2) is 0 Å². The van der Waals surface area contributed by atoms with E-state index in [1.165, 1.54) is 6.08 Å². The highest BCUT2D eigenvalue weighted by Crippen LogP contribution is 2.07. The number of aliphatic hydroxyl groups is 1. The van der Waals surface area contributed by atoms with Crippen LogP contribution < -0.4 is 11.1 Å². The van der Waals surface area contributed by atoms with Gasteiger partial charge < -0.3 is 16.2 Å². The SMILES string of the molecule is CC(C)(CO)NC(=O)/C=C/c1ccc(N)cc1. The zero-order chi connectivity index (χ0) is 12.9. The number of carbonyl (C=O) groups excluding carboxylic acids is 1. The largest absolute Gasteiger partial charge is 0.399 e. The summed E-state index contributed by atoms with van der Waals surface area (Å²) in [6.07, 6.45) is 3.13. The summed E-state index contributed by atoms with van der Waals surface area (Å²) < 4.78 is 0. The maximum absolute atomic E-state index is 11.5. The average molecular weight is 234 g/mol. The second-order valence-corrected chi connectivity index (χ2v) is 4.53. The molecule has 0 aromatic heterocycles. The molecule has 1 aromatic rings.